The smallest absolute Gasteiger partial charge is 0.410 e. The molecule has 1 heterocycles. The van der Waals surface area contributed by atoms with Gasteiger partial charge in [0.1, 0.15) is 18.0 Å². The van der Waals surface area contributed by atoms with E-state index in [0.29, 0.717) is 24.9 Å². The summed E-state index contributed by atoms with van der Waals surface area (Å²) in [4.78, 5) is 13.8. The van der Waals surface area contributed by atoms with E-state index in [1.807, 2.05) is 30.3 Å². The lowest BCUT2D eigenvalue weighted by Gasteiger charge is -2.39. The summed E-state index contributed by atoms with van der Waals surface area (Å²) >= 11 is 0. The van der Waals surface area contributed by atoms with Gasteiger partial charge in [0.15, 0.2) is 0 Å². The third kappa shape index (κ3) is 3.74. The monoisotopic (exact) mass is 329 g/mol. The first-order chi connectivity index (χ1) is 11.6. The van der Waals surface area contributed by atoms with E-state index in [1.54, 1.807) is 12.1 Å². The van der Waals surface area contributed by atoms with Gasteiger partial charge >= 0.3 is 6.09 Å². The van der Waals surface area contributed by atoms with Crippen molar-refractivity contribution in [3.8, 4) is 0 Å². The van der Waals surface area contributed by atoms with Crippen LogP contribution in [0.1, 0.15) is 24.0 Å². The van der Waals surface area contributed by atoms with Gasteiger partial charge in [0.05, 0.1) is 6.54 Å². The number of ether oxygens (including phenoxy) is 1. The van der Waals surface area contributed by atoms with Crippen molar-refractivity contribution >= 4 is 6.09 Å². The van der Waals surface area contributed by atoms with Crippen LogP contribution in [0.15, 0.2) is 54.6 Å². The van der Waals surface area contributed by atoms with Crippen molar-refractivity contribution < 1.29 is 19.0 Å². The van der Waals surface area contributed by atoms with Crippen molar-refractivity contribution in [2.75, 3.05) is 13.1 Å². The molecule has 3 rings (SSSR count). The zero-order valence-corrected chi connectivity index (χ0v) is 13.3. The van der Waals surface area contributed by atoms with E-state index in [2.05, 4.69) is 0 Å². The van der Waals surface area contributed by atoms with E-state index in [9.17, 15) is 14.3 Å². The number of carbonyl (C=O) groups is 1. The minimum Gasteiger partial charge on any atom is -0.445 e. The van der Waals surface area contributed by atoms with Crippen LogP contribution in [0.25, 0.3) is 0 Å². The number of likely N-dealkylation sites (tertiary alicyclic amines) is 1. The summed E-state index contributed by atoms with van der Waals surface area (Å²) in [5, 5.41) is 10.9. The van der Waals surface area contributed by atoms with Gasteiger partial charge in [0, 0.05) is 6.54 Å². The van der Waals surface area contributed by atoms with E-state index >= 15 is 0 Å². The maximum absolute atomic E-state index is 13.1. The number of piperidine rings is 1. The molecule has 1 fully saturated rings. The fourth-order valence-corrected chi connectivity index (χ4v) is 3.00. The van der Waals surface area contributed by atoms with Crippen LogP contribution in [-0.4, -0.2) is 29.2 Å². The van der Waals surface area contributed by atoms with Crippen LogP contribution in [0, 0.1) is 5.82 Å². The molecular weight excluding hydrogens is 309 g/mol. The lowest BCUT2D eigenvalue weighted by atomic mass is 9.86. The molecule has 24 heavy (non-hydrogen) atoms. The highest BCUT2D eigenvalue weighted by Crippen LogP contribution is 2.31. The highest BCUT2D eigenvalue weighted by atomic mass is 19.1. The van der Waals surface area contributed by atoms with E-state index in [1.165, 1.54) is 17.0 Å². The number of amides is 1. The van der Waals surface area contributed by atoms with Gasteiger partial charge in [-0.2, -0.15) is 0 Å². The van der Waals surface area contributed by atoms with Gasteiger partial charge in [-0.05, 0) is 36.1 Å². The second-order valence-electron chi connectivity index (χ2n) is 6.10. The molecule has 1 aliphatic heterocycles. The molecule has 1 atom stereocenters. The van der Waals surface area contributed by atoms with Gasteiger partial charge in [-0.15, -0.1) is 0 Å². The maximum Gasteiger partial charge on any atom is 0.410 e. The quantitative estimate of drug-likeness (QED) is 0.938. The minimum absolute atomic E-state index is 0.145. The molecule has 0 aliphatic carbocycles. The second kappa shape index (κ2) is 7.01. The van der Waals surface area contributed by atoms with Crippen LogP contribution in [0.3, 0.4) is 0 Å². The third-order valence-electron chi connectivity index (χ3n) is 4.32. The standard InChI is InChI=1S/C19H20FNO3/c20-17-9-7-16(8-10-17)19(23)11-4-12-21(14-19)18(22)24-13-15-5-2-1-3-6-15/h1-3,5-10,23H,4,11-14H2. The number of rotatable bonds is 3. The summed E-state index contributed by atoms with van der Waals surface area (Å²) in [5.74, 6) is -0.350. The summed E-state index contributed by atoms with van der Waals surface area (Å²) in [5.41, 5.74) is 0.360. The molecule has 1 saturated heterocycles. The molecule has 1 amide bonds. The molecule has 5 heteroatoms. The fraction of sp³-hybridized carbons (Fsp3) is 0.316. The van der Waals surface area contributed by atoms with Crippen LogP contribution in [0.4, 0.5) is 9.18 Å². The van der Waals surface area contributed by atoms with Gasteiger partial charge in [-0.1, -0.05) is 42.5 Å². The molecule has 2 aromatic carbocycles. The minimum atomic E-state index is -1.17. The molecule has 0 aromatic heterocycles. The summed E-state index contributed by atoms with van der Waals surface area (Å²) in [6.45, 7) is 0.883. The molecule has 1 N–H and O–H groups in total. The van der Waals surface area contributed by atoms with E-state index in [4.69, 9.17) is 4.74 Å². The fourth-order valence-electron chi connectivity index (χ4n) is 3.00. The Labute approximate surface area is 140 Å². The second-order valence-corrected chi connectivity index (χ2v) is 6.10. The van der Waals surface area contributed by atoms with Crippen molar-refractivity contribution in [3.05, 3.63) is 71.5 Å². The van der Waals surface area contributed by atoms with Crippen molar-refractivity contribution in [1.82, 2.24) is 4.90 Å². The first-order valence-corrected chi connectivity index (χ1v) is 8.01. The topological polar surface area (TPSA) is 49.8 Å². The molecule has 1 aliphatic rings. The molecular formula is C19H20FNO3. The largest absolute Gasteiger partial charge is 0.445 e. The van der Waals surface area contributed by atoms with Crippen molar-refractivity contribution in [2.45, 2.75) is 25.0 Å². The molecule has 1 unspecified atom stereocenters. The molecule has 2 aromatic rings. The number of hydrogen-bond acceptors (Lipinski definition) is 3. The number of carbonyl (C=O) groups excluding carboxylic acids is 1. The predicted octanol–water partition coefficient (Wildman–Crippen LogP) is 3.45. The Hall–Kier alpha value is -2.40. The number of halogens is 1. The van der Waals surface area contributed by atoms with E-state index in [-0.39, 0.29) is 19.0 Å². The molecule has 0 radical (unpaired) electrons. The average molecular weight is 329 g/mol. The summed E-state index contributed by atoms with van der Waals surface area (Å²) in [6, 6.07) is 15.2. The number of benzene rings is 2. The first kappa shape index (κ1) is 16.5. The van der Waals surface area contributed by atoms with Gasteiger partial charge in [-0.3, -0.25) is 0 Å². The molecule has 126 valence electrons. The number of β-amino-alcohol motifs (C(OH)–C–C–N with tert-alkyl or cyclic N) is 1. The summed E-state index contributed by atoms with van der Waals surface area (Å²) in [6.07, 6.45) is 0.745. The van der Waals surface area contributed by atoms with E-state index in [0.717, 1.165) is 5.56 Å². The number of nitrogens with zero attached hydrogens (tertiary/aromatic N) is 1. The molecule has 0 saturated carbocycles. The summed E-state index contributed by atoms with van der Waals surface area (Å²) in [7, 11) is 0. The van der Waals surface area contributed by atoms with Gasteiger partial charge in [0.25, 0.3) is 0 Å². The SMILES string of the molecule is O=C(OCc1ccccc1)N1CCCC(O)(c2ccc(F)cc2)C1. The zero-order chi connectivity index (χ0) is 17.0. The van der Waals surface area contributed by atoms with Crippen LogP contribution >= 0.6 is 0 Å². The number of aliphatic hydroxyl groups is 1. The average Bonchev–Trinajstić information content (AvgIpc) is 2.61. The maximum atomic E-state index is 13.1. The van der Waals surface area contributed by atoms with Gasteiger partial charge < -0.3 is 14.7 Å². The van der Waals surface area contributed by atoms with Crippen molar-refractivity contribution in [2.24, 2.45) is 0 Å². The molecule has 4 nitrogen and oxygen atoms in total. The van der Waals surface area contributed by atoms with Crippen LogP contribution in [-0.2, 0) is 16.9 Å². The van der Waals surface area contributed by atoms with Crippen molar-refractivity contribution in [3.63, 3.8) is 0 Å². The Kier molecular flexibility index (Phi) is 4.81. The Balaban J connectivity index is 1.64. The van der Waals surface area contributed by atoms with Crippen LogP contribution in [0.5, 0.6) is 0 Å². The van der Waals surface area contributed by atoms with Crippen molar-refractivity contribution in [1.29, 1.82) is 0 Å². The third-order valence-corrected chi connectivity index (χ3v) is 4.32. The lowest BCUT2D eigenvalue weighted by Crippen LogP contribution is -2.48. The van der Waals surface area contributed by atoms with E-state index < -0.39 is 11.7 Å². The Morgan fingerprint density at radius 2 is 1.88 bits per heavy atom. The predicted molar refractivity (Wildman–Crippen MR) is 87.7 cm³/mol. The van der Waals surface area contributed by atoms with Gasteiger partial charge in [0.2, 0.25) is 0 Å². The molecule has 0 spiro atoms. The first-order valence-electron chi connectivity index (χ1n) is 8.01. The number of hydrogen-bond donors (Lipinski definition) is 1. The highest BCUT2D eigenvalue weighted by Gasteiger charge is 2.37. The Bertz CT molecular complexity index is 690. The highest BCUT2D eigenvalue weighted by molar-refractivity contribution is 5.68. The zero-order valence-electron chi connectivity index (χ0n) is 13.3. The van der Waals surface area contributed by atoms with Crippen LogP contribution in [0.2, 0.25) is 0 Å². The van der Waals surface area contributed by atoms with Gasteiger partial charge in [-0.25, -0.2) is 9.18 Å². The lowest BCUT2D eigenvalue weighted by molar-refractivity contribution is -0.0349. The molecule has 0 bridgehead atoms. The normalized spacial score (nSPS) is 20.7. The Morgan fingerprint density at radius 3 is 2.58 bits per heavy atom. The van der Waals surface area contributed by atoms with Crippen LogP contribution < -0.4 is 0 Å². The Morgan fingerprint density at radius 1 is 1.17 bits per heavy atom. The summed E-state index contributed by atoms with van der Waals surface area (Å²) < 4.78 is 18.4.